The van der Waals surface area contributed by atoms with Gasteiger partial charge in [0.05, 0.1) is 5.69 Å². The lowest BCUT2D eigenvalue weighted by Crippen LogP contribution is -2.34. The standard InChI is InChI=1S/C21H26N6O/c1-27-10-9-15-17(7-4-8-18(15)27)26-21-19(20(23)28)24-12-14(25-21)11-13-5-2-3-6-16(13)22/h4,7-10,12-13,16H,2-3,5-6,11,22H2,1H3,(H2,23,28)(H,25,26)/t13-,16-/m0/s1. The van der Waals surface area contributed by atoms with E-state index in [4.69, 9.17) is 16.5 Å². The second kappa shape index (κ2) is 7.59. The summed E-state index contributed by atoms with van der Waals surface area (Å²) in [5, 5.41) is 4.32. The summed E-state index contributed by atoms with van der Waals surface area (Å²) in [6.45, 7) is 0. The number of nitrogens with one attached hydrogen (secondary N) is 1. The molecule has 2 aromatic heterocycles. The number of hydrogen-bond donors (Lipinski definition) is 3. The van der Waals surface area contributed by atoms with Crippen LogP contribution in [0.2, 0.25) is 0 Å². The van der Waals surface area contributed by atoms with Crippen molar-refractivity contribution in [2.45, 2.75) is 38.1 Å². The molecule has 1 saturated carbocycles. The average molecular weight is 378 g/mol. The molecule has 146 valence electrons. The first-order valence-corrected chi connectivity index (χ1v) is 9.75. The van der Waals surface area contributed by atoms with Crippen LogP contribution in [0, 0.1) is 5.92 Å². The monoisotopic (exact) mass is 378 g/mol. The molecule has 0 radical (unpaired) electrons. The second-order valence-corrected chi connectivity index (χ2v) is 7.63. The van der Waals surface area contributed by atoms with Crippen molar-refractivity contribution in [1.82, 2.24) is 14.5 Å². The van der Waals surface area contributed by atoms with E-state index in [9.17, 15) is 4.79 Å². The first-order valence-electron chi connectivity index (χ1n) is 9.75. The zero-order valence-corrected chi connectivity index (χ0v) is 16.1. The summed E-state index contributed by atoms with van der Waals surface area (Å²) >= 11 is 0. The Balaban J connectivity index is 1.67. The van der Waals surface area contributed by atoms with Crippen LogP contribution in [-0.4, -0.2) is 26.5 Å². The first-order chi connectivity index (χ1) is 13.5. The van der Waals surface area contributed by atoms with E-state index in [-0.39, 0.29) is 11.7 Å². The number of anilines is 2. The van der Waals surface area contributed by atoms with Gasteiger partial charge in [0.2, 0.25) is 0 Å². The SMILES string of the molecule is Cn1ccc2c(Nc3nc(C[C@@H]4CCCC[C@@H]4N)cnc3C(N)=O)cccc21. The summed E-state index contributed by atoms with van der Waals surface area (Å²) in [5.41, 5.74) is 14.7. The minimum atomic E-state index is -0.601. The third kappa shape index (κ3) is 3.57. The van der Waals surface area contributed by atoms with Gasteiger partial charge in [-0.25, -0.2) is 9.97 Å². The van der Waals surface area contributed by atoms with Crippen LogP contribution in [0.5, 0.6) is 0 Å². The fourth-order valence-corrected chi connectivity index (χ4v) is 4.09. The molecule has 1 aliphatic rings. The van der Waals surface area contributed by atoms with Gasteiger partial charge in [0.15, 0.2) is 11.5 Å². The van der Waals surface area contributed by atoms with Crippen molar-refractivity contribution in [1.29, 1.82) is 0 Å². The minimum absolute atomic E-state index is 0.143. The summed E-state index contributed by atoms with van der Waals surface area (Å²) in [6, 6.07) is 8.19. The maximum atomic E-state index is 11.9. The number of primary amides is 1. The Morgan fingerprint density at radius 3 is 2.89 bits per heavy atom. The van der Waals surface area contributed by atoms with Crippen molar-refractivity contribution in [3.05, 3.63) is 48.0 Å². The first kappa shape index (κ1) is 18.4. The molecule has 3 aromatic rings. The van der Waals surface area contributed by atoms with Gasteiger partial charge in [-0.15, -0.1) is 0 Å². The van der Waals surface area contributed by atoms with Gasteiger partial charge < -0.3 is 21.4 Å². The molecule has 2 heterocycles. The van der Waals surface area contributed by atoms with E-state index < -0.39 is 5.91 Å². The van der Waals surface area contributed by atoms with Gasteiger partial charge in [-0.3, -0.25) is 4.79 Å². The van der Waals surface area contributed by atoms with Crippen molar-refractivity contribution >= 4 is 28.3 Å². The van der Waals surface area contributed by atoms with E-state index in [1.165, 1.54) is 12.8 Å². The predicted octanol–water partition coefficient (Wildman–Crippen LogP) is 2.87. The van der Waals surface area contributed by atoms with Crippen LogP contribution in [0.1, 0.15) is 41.9 Å². The van der Waals surface area contributed by atoms with Gasteiger partial charge in [0.1, 0.15) is 0 Å². The van der Waals surface area contributed by atoms with Crippen LogP contribution in [0.15, 0.2) is 36.7 Å². The molecule has 0 unspecified atom stereocenters. The normalized spacial score (nSPS) is 19.6. The molecule has 0 spiro atoms. The number of benzene rings is 1. The van der Waals surface area contributed by atoms with Crippen LogP contribution >= 0.6 is 0 Å². The summed E-state index contributed by atoms with van der Waals surface area (Å²) in [6.07, 6.45) is 8.96. The van der Waals surface area contributed by atoms with Crippen LogP contribution in [0.25, 0.3) is 10.9 Å². The number of fused-ring (bicyclic) bond motifs is 1. The fraction of sp³-hybridized carbons (Fsp3) is 0.381. The Bertz CT molecular complexity index is 1010. The quantitative estimate of drug-likeness (QED) is 0.632. The number of aryl methyl sites for hydroxylation is 1. The lowest BCUT2D eigenvalue weighted by atomic mass is 9.82. The van der Waals surface area contributed by atoms with Crippen molar-refractivity contribution < 1.29 is 4.79 Å². The highest BCUT2D eigenvalue weighted by molar-refractivity contribution is 5.99. The summed E-state index contributed by atoms with van der Waals surface area (Å²) in [7, 11) is 1.99. The molecule has 1 aromatic carbocycles. The molecule has 2 atom stereocenters. The molecular weight excluding hydrogens is 352 g/mol. The van der Waals surface area contributed by atoms with E-state index in [0.29, 0.717) is 11.7 Å². The maximum Gasteiger partial charge on any atom is 0.271 e. The molecule has 1 amide bonds. The molecule has 28 heavy (non-hydrogen) atoms. The highest BCUT2D eigenvalue weighted by Gasteiger charge is 2.23. The molecule has 1 fully saturated rings. The van der Waals surface area contributed by atoms with Crippen molar-refractivity contribution in [2.24, 2.45) is 24.4 Å². The Hall–Kier alpha value is -2.93. The van der Waals surface area contributed by atoms with Crippen molar-refractivity contribution in [3.63, 3.8) is 0 Å². The zero-order valence-electron chi connectivity index (χ0n) is 16.1. The lowest BCUT2D eigenvalue weighted by molar-refractivity contribution is 0.0996. The fourth-order valence-electron chi connectivity index (χ4n) is 4.09. The Kier molecular flexibility index (Phi) is 5.00. The number of carbonyl (C=O) groups excluding carboxylic acids is 1. The highest BCUT2D eigenvalue weighted by atomic mass is 16.1. The number of nitrogens with zero attached hydrogens (tertiary/aromatic N) is 3. The minimum Gasteiger partial charge on any atom is -0.364 e. The zero-order chi connectivity index (χ0) is 19.7. The predicted molar refractivity (Wildman–Crippen MR) is 110 cm³/mol. The number of carbonyl (C=O) groups is 1. The van der Waals surface area contributed by atoms with Crippen LogP contribution in [0.4, 0.5) is 11.5 Å². The number of amides is 1. The third-order valence-corrected chi connectivity index (χ3v) is 5.68. The van der Waals surface area contributed by atoms with Gasteiger partial charge in [-0.1, -0.05) is 18.9 Å². The largest absolute Gasteiger partial charge is 0.364 e. The highest BCUT2D eigenvalue weighted by Crippen LogP contribution is 2.29. The number of aromatic nitrogens is 3. The van der Waals surface area contributed by atoms with E-state index >= 15 is 0 Å². The Morgan fingerprint density at radius 2 is 2.11 bits per heavy atom. The molecule has 7 nitrogen and oxygen atoms in total. The van der Waals surface area contributed by atoms with Crippen LogP contribution < -0.4 is 16.8 Å². The summed E-state index contributed by atoms with van der Waals surface area (Å²) < 4.78 is 2.04. The molecule has 0 bridgehead atoms. The maximum absolute atomic E-state index is 11.9. The third-order valence-electron chi connectivity index (χ3n) is 5.68. The topological polar surface area (TPSA) is 112 Å². The van der Waals surface area contributed by atoms with E-state index in [2.05, 4.69) is 10.3 Å². The van der Waals surface area contributed by atoms with E-state index in [0.717, 1.165) is 41.5 Å². The average Bonchev–Trinajstić information content (AvgIpc) is 3.06. The van der Waals surface area contributed by atoms with Gasteiger partial charge in [-0.2, -0.15) is 0 Å². The van der Waals surface area contributed by atoms with Crippen LogP contribution in [0.3, 0.4) is 0 Å². The van der Waals surface area contributed by atoms with E-state index in [1.54, 1.807) is 6.20 Å². The number of nitrogens with two attached hydrogens (primary N) is 2. The van der Waals surface area contributed by atoms with Gasteiger partial charge in [0, 0.05) is 42.1 Å². The van der Waals surface area contributed by atoms with Gasteiger partial charge in [0.25, 0.3) is 5.91 Å². The molecule has 1 aliphatic carbocycles. The van der Waals surface area contributed by atoms with Gasteiger partial charge in [-0.05, 0) is 43.4 Å². The number of hydrogen-bond acceptors (Lipinski definition) is 5. The van der Waals surface area contributed by atoms with Crippen LogP contribution in [-0.2, 0) is 13.5 Å². The lowest BCUT2D eigenvalue weighted by Gasteiger charge is -2.28. The molecule has 5 N–H and O–H groups in total. The molecule has 7 heteroatoms. The number of rotatable bonds is 5. The smallest absolute Gasteiger partial charge is 0.271 e. The van der Waals surface area contributed by atoms with Crippen molar-refractivity contribution in [2.75, 3.05) is 5.32 Å². The van der Waals surface area contributed by atoms with Gasteiger partial charge >= 0.3 is 0 Å². The summed E-state index contributed by atoms with van der Waals surface area (Å²) in [4.78, 5) is 20.9. The van der Waals surface area contributed by atoms with E-state index in [1.807, 2.05) is 42.1 Å². The Labute approximate surface area is 164 Å². The molecule has 0 saturated heterocycles. The Morgan fingerprint density at radius 1 is 1.29 bits per heavy atom. The van der Waals surface area contributed by atoms with Crippen molar-refractivity contribution in [3.8, 4) is 0 Å². The summed E-state index contributed by atoms with van der Waals surface area (Å²) in [5.74, 6) is 0.190. The second-order valence-electron chi connectivity index (χ2n) is 7.63. The molecule has 4 rings (SSSR count). The molecular formula is C21H26N6O. The molecule has 0 aliphatic heterocycles.